The zero-order valence-electron chi connectivity index (χ0n) is 18.5. The van der Waals surface area contributed by atoms with E-state index in [9.17, 15) is 4.79 Å². The first-order valence-corrected chi connectivity index (χ1v) is 11.3. The lowest BCUT2D eigenvalue weighted by Gasteiger charge is -2.45. The molecule has 2 aromatic rings. The lowest BCUT2D eigenvalue weighted by molar-refractivity contribution is -0.126. The minimum atomic E-state index is -0.264. The predicted octanol–water partition coefficient (Wildman–Crippen LogP) is 6.10. The molecule has 0 spiro atoms. The van der Waals surface area contributed by atoms with Gasteiger partial charge >= 0.3 is 0 Å². The summed E-state index contributed by atoms with van der Waals surface area (Å²) in [6.07, 6.45) is 4.66. The Bertz CT molecular complexity index is 813. The molecule has 1 amide bonds. The highest BCUT2D eigenvalue weighted by atomic mass is 35.5. The molecule has 0 bridgehead atoms. The summed E-state index contributed by atoms with van der Waals surface area (Å²) in [5.41, 5.74) is 0.656. The average Bonchev–Trinajstić information content (AvgIpc) is 3.18. The van der Waals surface area contributed by atoms with Gasteiger partial charge in [0, 0.05) is 35.9 Å². The van der Waals surface area contributed by atoms with E-state index in [1.165, 1.54) is 0 Å². The first-order chi connectivity index (χ1) is 14.2. The quantitative estimate of drug-likeness (QED) is 0.549. The molecule has 2 atom stereocenters. The van der Waals surface area contributed by atoms with Gasteiger partial charge in [-0.2, -0.15) is 0 Å². The van der Waals surface area contributed by atoms with Gasteiger partial charge in [-0.3, -0.25) is 4.79 Å². The van der Waals surface area contributed by atoms with Gasteiger partial charge in [0.15, 0.2) is 0 Å². The van der Waals surface area contributed by atoms with Crippen molar-refractivity contribution in [3.63, 3.8) is 0 Å². The van der Waals surface area contributed by atoms with Crippen molar-refractivity contribution in [3.05, 3.63) is 59.0 Å². The molecule has 1 aromatic heterocycles. The molecule has 0 radical (unpaired) electrons. The van der Waals surface area contributed by atoms with Crippen molar-refractivity contribution in [2.45, 2.75) is 70.3 Å². The summed E-state index contributed by atoms with van der Waals surface area (Å²) in [7, 11) is 0. The molecule has 1 aromatic carbocycles. The maximum Gasteiger partial charge on any atom is 0.220 e. The number of hydrogen-bond donors (Lipinski definition) is 1. The van der Waals surface area contributed by atoms with Crippen LogP contribution in [-0.4, -0.2) is 24.7 Å². The second-order valence-corrected chi connectivity index (χ2v) is 9.94. The van der Waals surface area contributed by atoms with Gasteiger partial charge in [-0.05, 0) is 68.9 Å². The van der Waals surface area contributed by atoms with E-state index in [2.05, 4.69) is 45.1 Å². The second kappa shape index (κ2) is 9.57. The molecule has 2 heterocycles. The van der Waals surface area contributed by atoms with Gasteiger partial charge in [-0.25, -0.2) is 0 Å². The first-order valence-electron chi connectivity index (χ1n) is 10.9. The fraction of sp³-hybridized carbons (Fsp3) is 0.560. The Labute approximate surface area is 185 Å². The normalized spacial score (nSPS) is 22.1. The first kappa shape index (κ1) is 22.9. The van der Waals surface area contributed by atoms with Crippen molar-refractivity contribution in [2.24, 2.45) is 5.92 Å². The van der Waals surface area contributed by atoms with Crippen LogP contribution in [0.4, 0.5) is 0 Å². The molecular formula is C25H34ClNO3. The molecule has 1 N–H and O–H groups in total. The van der Waals surface area contributed by atoms with Crippen LogP contribution < -0.4 is 5.32 Å². The van der Waals surface area contributed by atoms with Crippen LogP contribution >= 0.6 is 11.6 Å². The van der Waals surface area contributed by atoms with E-state index in [1.807, 2.05) is 24.3 Å². The van der Waals surface area contributed by atoms with E-state index in [-0.39, 0.29) is 16.9 Å². The number of carbonyl (C=O) groups is 1. The van der Waals surface area contributed by atoms with Crippen LogP contribution in [0.25, 0.3) is 0 Å². The summed E-state index contributed by atoms with van der Waals surface area (Å²) < 4.78 is 11.6. The number of rotatable bonds is 8. The van der Waals surface area contributed by atoms with Crippen LogP contribution in [0.1, 0.15) is 70.6 Å². The summed E-state index contributed by atoms with van der Waals surface area (Å²) in [6.45, 7) is 9.87. The standard InChI is InChI=1S/C25H34ClNO3/c1-18(2)21(22-6-5-14-29-22)11-13-27-23(28)16-25(12-15-30-24(3,4)17-25)19-7-9-20(26)10-8-19/h5-10,14,18,21H,11-13,15-17H2,1-4H3,(H,27,28)/t21-,25-/m1/s1. The highest BCUT2D eigenvalue weighted by molar-refractivity contribution is 6.30. The van der Waals surface area contributed by atoms with E-state index in [1.54, 1.807) is 6.26 Å². The van der Waals surface area contributed by atoms with Crippen molar-refractivity contribution >= 4 is 17.5 Å². The number of nitrogens with one attached hydrogen (secondary N) is 1. The maximum absolute atomic E-state index is 13.0. The number of amides is 1. The third kappa shape index (κ3) is 5.67. The molecule has 0 saturated carbocycles. The van der Waals surface area contributed by atoms with Gasteiger partial charge in [0.25, 0.3) is 0 Å². The van der Waals surface area contributed by atoms with Crippen LogP contribution in [0.15, 0.2) is 47.1 Å². The number of hydrogen-bond acceptors (Lipinski definition) is 3. The molecule has 1 aliphatic heterocycles. The number of furan rings is 1. The van der Waals surface area contributed by atoms with Crippen molar-refractivity contribution in [1.82, 2.24) is 5.32 Å². The summed E-state index contributed by atoms with van der Waals surface area (Å²) in [5.74, 6) is 1.82. The second-order valence-electron chi connectivity index (χ2n) is 9.50. The zero-order valence-corrected chi connectivity index (χ0v) is 19.3. The molecule has 0 aliphatic carbocycles. The molecule has 1 fully saturated rings. The molecule has 1 aliphatic rings. The molecule has 0 unspecified atom stereocenters. The fourth-order valence-electron chi connectivity index (χ4n) is 4.82. The minimum Gasteiger partial charge on any atom is -0.469 e. The van der Waals surface area contributed by atoms with E-state index >= 15 is 0 Å². The van der Waals surface area contributed by atoms with Crippen molar-refractivity contribution in [3.8, 4) is 0 Å². The van der Waals surface area contributed by atoms with Crippen molar-refractivity contribution < 1.29 is 13.9 Å². The summed E-state index contributed by atoms with van der Waals surface area (Å²) >= 11 is 6.11. The summed E-state index contributed by atoms with van der Waals surface area (Å²) in [5, 5.41) is 3.87. The van der Waals surface area contributed by atoms with Gasteiger partial charge in [0.2, 0.25) is 5.91 Å². The SMILES string of the molecule is CC(C)[C@@H](CCNC(=O)C[C@]1(c2ccc(Cl)cc2)CCOC(C)(C)C1)c1ccco1. The highest BCUT2D eigenvalue weighted by Gasteiger charge is 2.43. The lowest BCUT2D eigenvalue weighted by atomic mass is 9.67. The van der Waals surface area contributed by atoms with Gasteiger partial charge in [-0.1, -0.05) is 37.6 Å². The van der Waals surface area contributed by atoms with Crippen LogP contribution in [0.3, 0.4) is 0 Å². The molecule has 164 valence electrons. The number of benzene rings is 1. The van der Waals surface area contributed by atoms with E-state index in [0.29, 0.717) is 36.4 Å². The van der Waals surface area contributed by atoms with E-state index in [0.717, 1.165) is 30.6 Å². The van der Waals surface area contributed by atoms with Crippen molar-refractivity contribution in [2.75, 3.05) is 13.2 Å². The number of carbonyl (C=O) groups excluding carboxylic acids is 1. The molecule has 30 heavy (non-hydrogen) atoms. The third-order valence-corrected chi connectivity index (χ3v) is 6.54. The molecule has 4 nitrogen and oxygen atoms in total. The monoisotopic (exact) mass is 431 g/mol. The summed E-state index contributed by atoms with van der Waals surface area (Å²) in [6, 6.07) is 11.9. The summed E-state index contributed by atoms with van der Waals surface area (Å²) in [4.78, 5) is 13.0. The minimum absolute atomic E-state index is 0.0876. The van der Waals surface area contributed by atoms with Crippen LogP contribution in [0, 0.1) is 5.92 Å². The number of ether oxygens (including phenoxy) is 1. The highest BCUT2D eigenvalue weighted by Crippen LogP contribution is 2.44. The Morgan fingerprint density at radius 2 is 1.93 bits per heavy atom. The molecule has 1 saturated heterocycles. The van der Waals surface area contributed by atoms with Crippen LogP contribution in [-0.2, 0) is 14.9 Å². The Morgan fingerprint density at radius 1 is 1.20 bits per heavy atom. The Morgan fingerprint density at radius 3 is 2.53 bits per heavy atom. The van der Waals surface area contributed by atoms with Gasteiger partial charge < -0.3 is 14.5 Å². The van der Waals surface area contributed by atoms with E-state index in [4.69, 9.17) is 20.8 Å². The molecular weight excluding hydrogens is 398 g/mol. The topological polar surface area (TPSA) is 51.5 Å². The average molecular weight is 432 g/mol. The van der Waals surface area contributed by atoms with Gasteiger partial charge in [0.05, 0.1) is 11.9 Å². The third-order valence-electron chi connectivity index (χ3n) is 6.28. The van der Waals surface area contributed by atoms with Crippen LogP contribution in [0.2, 0.25) is 5.02 Å². The van der Waals surface area contributed by atoms with Crippen LogP contribution in [0.5, 0.6) is 0 Å². The number of halogens is 1. The fourth-order valence-corrected chi connectivity index (χ4v) is 4.95. The van der Waals surface area contributed by atoms with Gasteiger partial charge in [-0.15, -0.1) is 0 Å². The van der Waals surface area contributed by atoms with E-state index < -0.39 is 0 Å². The Balaban J connectivity index is 1.67. The molecule has 3 rings (SSSR count). The van der Waals surface area contributed by atoms with Gasteiger partial charge in [0.1, 0.15) is 5.76 Å². The Kier molecular flexibility index (Phi) is 7.30. The largest absolute Gasteiger partial charge is 0.469 e. The maximum atomic E-state index is 13.0. The zero-order chi connectivity index (χ0) is 21.8. The lowest BCUT2D eigenvalue weighted by Crippen LogP contribution is -2.46. The predicted molar refractivity (Wildman–Crippen MR) is 121 cm³/mol. The smallest absolute Gasteiger partial charge is 0.220 e. The Hall–Kier alpha value is -1.78. The molecule has 5 heteroatoms. The van der Waals surface area contributed by atoms with Crippen molar-refractivity contribution in [1.29, 1.82) is 0 Å².